The molecule has 5 heteroatoms. The first-order chi connectivity index (χ1) is 12.9. The number of benzene rings is 2. The lowest BCUT2D eigenvalue weighted by Crippen LogP contribution is -2.01. The molecular formula is C22H21FN2O2. The quantitative estimate of drug-likeness (QED) is 0.479. The predicted octanol–water partition coefficient (Wildman–Crippen LogP) is 5.08. The SMILES string of the molecule is COC(=O)c1ccc(N=Cc2cc(C)n(-c3ccc(F)cc3)c2C)c(C)c1. The summed E-state index contributed by atoms with van der Waals surface area (Å²) in [6, 6.07) is 13.7. The number of carbonyl (C=O) groups is 1. The van der Waals surface area contributed by atoms with Gasteiger partial charge in [-0.25, -0.2) is 9.18 Å². The molecule has 0 atom stereocenters. The zero-order valence-electron chi connectivity index (χ0n) is 15.8. The summed E-state index contributed by atoms with van der Waals surface area (Å²) >= 11 is 0. The number of halogens is 1. The summed E-state index contributed by atoms with van der Waals surface area (Å²) in [5, 5.41) is 0. The van der Waals surface area contributed by atoms with E-state index >= 15 is 0 Å². The van der Waals surface area contributed by atoms with Gasteiger partial charge in [0.05, 0.1) is 18.4 Å². The van der Waals surface area contributed by atoms with Crippen molar-refractivity contribution < 1.29 is 13.9 Å². The summed E-state index contributed by atoms with van der Waals surface area (Å²) in [6.07, 6.45) is 1.81. The fraction of sp³-hybridized carbons (Fsp3) is 0.182. The highest BCUT2D eigenvalue weighted by Gasteiger charge is 2.10. The second-order valence-electron chi connectivity index (χ2n) is 6.39. The minimum absolute atomic E-state index is 0.256. The van der Waals surface area contributed by atoms with E-state index in [4.69, 9.17) is 4.74 Å². The lowest BCUT2D eigenvalue weighted by Gasteiger charge is -2.09. The summed E-state index contributed by atoms with van der Waals surface area (Å²) < 4.78 is 20.0. The lowest BCUT2D eigenvalue weighted by molar-refractivity contribution is 0.0600. The fourth-order valence-electron chi connectivity index (χ4n) is 3.09. The number of hydrogen-bond donors (Lipinski definition) is 0. The lowest BCUT2D eigenvalue weighted by atomic mass is 10.1. The molecule has 0 aliphatic rings. The van der Waals surface area contributed by atoms with Gasteiger partial charge in [0.25, 0.3) is 0 Å². The molecule has 27 heavy (non-hydrogen) atoms. The normalized spacial score (nSPS) is 11.1. The number of ether oxygens (including phenoxy) is 1. The van der Waals surface area contributed by atoms with E-state index in [2.05, 4.69) is 9.56 Å². The molecular weight excluding hydrogens is 343 g/mol. The number of nitrogens with zero attached hydrogens (tertiary/aromatic N) is 2. The van der Waals surface area contributed by atoms with Crippen LogP contribution >= 0.6 is 0 Å². The molecule has 3 aromatic rings. The Morgan fingerprint density at radius 3 is 2.41 bits per heavy atom. The molecule has 0 N–H and O–H groups in total. The van der Waals surface area contributed by atoms with E-state index in [0.717, 1.165) is 33.9 Å². The molecule has 0 amide bonds. The van der Waals surface area contributed by atoms with E-state index in [9.17, 15) is 9.18 Å². The van der Waals surface area contributed by atoms with Crippen LogP contribution in [0.4, 0.5) is 10.1 Å². The number of aliphatic imine (C=N–C) groups is 1. The van der Waals surface area contributed by atoms with Gasteiger partial charge in [0.1, 0.15) is 5.82 Å². The monoisotopic (exact) mass is 364 g/mol. The van der Waals surface area contributed by atoms with E-state index in [-0.39, 0.29) is 11.8 Å². The Morgan fingerprint density at radius 1 is 1.07 bits per heavy atom. The van der Waals surface area contributed by atoms with Crippen molar-refractivity contribution in [2.24, 2.45) is 4.99 Å². The number of hydrogen-bond acceptors (Lipinski definition) is 3. The maximum atomic E-state index is 13.2. The Bertz CT molecular complexity index is 1020. The summed E-state index contributed by atoms with van der Waals surface area (Å²) in [5.41, 5.74) is 6.13. The first kappa shape index (κ1) is 18.6. The van der Waals surface area contributed by atoms with Gasteiger partial charge < -0.3 is 9.30 Å². The van der Waals surface area contributed by atoms with Crippen LogP contribution in [0.5, 0.6) is 0 Å². The number of aryl methyl sites for hydroxylation is 2. The van der Waals surface area contributed by atoms with Crippen molar-refractivity contribution in [3.63, 3.8) is 0 Å². The molecule has 1 aromatic heterocycles. The van der Waals surface area contributed by atoms with E-state index in [1.54, 1.807) is 30.3 Å². The maximum absolute atomic E-state index is 13.2. The third-order valence-electron chi connectivity index (χ3n) is 4.52. The van der Waals surface area contributed by atoms with Crippen LogP contribution in [0.1, 0.15) is 32.9 Å². The molecule has 4 nitrogen and oxygen atoms in total. The van der Waals surface area contributed by atoms with Crippen LogP contribution in [-0.4, -0.2) is 23.9 Å². The number of aromatic nitrogens is 1. The average molecular weight is 364 g/mol. The second-order valence-corrected chi connectivity index (χ2v) is 6.39. The standard InChI is InChI=1S/C22H21FN2O2/c1-14-11-17(22(26)27-4)5-10-21(14)24-13-18-12-15(2)25(16(18)3)20-8-6-19(23)7-9-20/h5-13H,1-4H3. The third kappa shape index (κ3) is 3.82. The summed E-state index contributed by atoms with van der Waals surface area (Å²) in [5.74, 6) is -0.620. The largest absolute Gasteiger partial charge is 0.465 e. The van der Waals surface area contributed by atoms with Gasteiger partial charge in [-0.3, -0.25) is 4.99 Å². The number of methoxy groups -OCH3 is 1. The molecule has 138 valence electrons. The molecule has 0 aliphatic carbocycles. The number of esters is 1. The van der Waals surface area contributed by atoms with Crippen molar-refractivity contribution >= 4 is 17.9 Å². The highest BCUT2D eigenvalue weighted by atomic mass is 19.1. The molecule has 0 saturated heterocycles. The Balaban J connectivity index is 1.91. The van der Waals surface area contributed by atoms with Crippen molar-refractivity contribution in [2.75, 3.05) is 7.11 Å². The maximum Gasteiger partial charge on any atom is 0.337 e. The van der Waals surface area contributed by atoms with Gasteiger partial charge in [-0.15, -0.1) is 0 Å². The van der Waals surface area contributed by atoms with Gasteiger partial charge in [0, 0.05) is 28.9 Å². The van der Waals surface area contributed by atoms with Crippen LogP contribution in [0.15, 0.2) is 53.5 Å². The third-order valence-corrected chi connectivity index (χ3v) is 4.52. The molecule has 2 aromatic carbocycles. The Morgan fingerprint density at radius 2 is 1.78 bits per heavy atom. The number of rotatable bonds is 4. The van der Waals surface area contributed by atoms with Crippen LogP contribution in [-0.2, 0) is 4.74 Å². The fourth-order valence-corrected chi connectivity index (χ4v) is 3.09. The van der Waals surface area contributed by atoms with Crippen LogP contribution in [0, 0.1) is 26.6 Å². The molecule has 0 bridgehead atoms. The van der Waals surface area contributed by atoms with Gasteiger partial charge in [-0.1, -0.05) is 0 Å². The van der Waals surface area contributed by atoms with Gasteiger partial charge in [0.2, 0.25) is 0 Å². The highest BCUT2D eigenvalue weighted by molar-refractivity contribution is 5.90. The summed E-state index contributed by atoms with van der Waals surface area (Å²) in [6.45, 7) is 5.91. The van der Waals surface area contributed by atoms with Crippen molar-refractivity contribution in [1.29, 1.82) is 0 Å². The molecule has 0 saturated carbocycles. The molecule has 1 heterocycles. The first-order valence-electron chi connectivity index (χ1n) is 8.58. The molecule has 3 rings (SSSR count). The van der Waals surface area contributed by atoms with Crippen LogP contribution < -0.4 is 0 Å². The minimum Gasteiger partial charge on any atom is -0.465 e. The molecule has 0 spiro atoms. The minimum atomic E-state index is -0.364. The van der Waals surface area contributed by atoms with Gasteiger partial charge >= 0.3 is 5.97 Å². The summed E-state index contributed by atoms with van der Waals surface area (Å²) in [7, 11) is 1.36. The first-order valence-corrected chi connectivity index (χ1v) is 8.58. The molecule has 0 fully saturated rings. The topological polar surface area (TPSA) is 43.6 Å². The smallest absolute Gasteiger partial charge is 0.337 e. The van der Waals surface area contributed by atoms with E-state index in [1.807, 2.05) is 33.1 Å². The van der Waals surface area contributed by atoms with Crippen molar-refractivity contribution in [3.8, 4) is 5.69 Å². The molecule has 0 unspecified atom stereocenters. The Labute approximate surface area is 157 Å². The van der Waals surface area contributed by atoms with Gasteiger partial charge in [-0.2, -0.15) is 0 Å². The Hall–Kier alpha value is -3.21. The van der Waals surface area contributed by atoms with Gasteiger partial charge in [0.15, 0.2) is 0 Å². The predicted molar refractivity (Wildman–Crippen MR) is 105 cm³/mol. The van der Waals surface area contributed by atoms with E-state index in [0.29, 0.717) is 5.56 Å². The van der Waals surface area contributed by atoms with E-state index in [1.165, 1.54) is 19.2 Å². The van der Waals surface area contributed by atoms with Crippen LogP contribution in [0.25, 0.3) is 5.69 Å². The average Bonchev–Trinajstić information content (AvgIpc) is 2.94. The zero-order chi connectivity index (χ0) is 19.6. The number of carbonyl (C=O) groups excluding carboxylic acids is 1. The van der Waals surface area contributed by atoms with E-state index < -0.39 is 0 Å². The summed E-state index contributed by atoms with van der Waals surface area (Å²) in [4.78, 5) is 16.2. The Kier molecular flexibility index (Phi) is 5.21. The van der Waals surface area contributed by atoms with Crippen LogP contribution in [0.2, 0.25) is 0 Å². The molecule has 0 aliphatic heterocycles. The van der Waals surface area contributed by atoms with Crippen LogP contribution in [0.3, 0.4) is 0 Å². The van der Waals surface area contributed by atoms with Crippen molar-refractivity contribution in [3.05, 3.63) is 82.4 Å². The van der Waals surface area contributed by atoms with Gasteiger partial charge in [-0.05, 0) is 74.9 Å². The van der Waals surface area contributed by atoms with Crippen molar-refractivity contribution in [1.82, 2.24) is 4.57 Å². The van der Waals surface area contributed by atoms with Crippen molar-refractivity contribution in [2.45, 2.75) is 20.8 Å². The molecule has 0 radical (unpaired) electrons. The second kappa shape index (κ2) is 7.58. The highest BCUT2D eigenvalue weighted by Crippen LogP contribution is 2.23. The zero-order valence-corrected chi connectivity index (χ0v) is 15.8.